The summed E-state index contributed by atoms with van der Waals surface area (Å²) in [5.74, 6) is -2.06. The molecule has 0 fully saturated rings. The van der Waals surface area contributed by atoms with Crippen LogP contribution in [0.15, 0.2) is 42.5 Å². The molecule has 0 aliphatic rings. The molecule has 0 bridgehead atoms. The van der Waals surface area contributed by atoms with E-state index in [9.17, 15) is 28.1 Å². The number of carbonyl (C=O) groups is 1. The Morgan fingerprint density at radius 3 is 2.43 bits per heavy atom. The largest absolute Gasteiger partial charge is 0.478 e. The SMILES string of the molecule is O=C(O)c1cccc(Oc2ccc([N+](=O)[O-])cc2C(F)(F)F)c1. The van der Waals surface area contributed by atoms with E-state index in [1.165, 1.54) is 18.2 Å². The second-order valence-electron chi connectivity index (χ2n) is 4.37. The Bertz CT molecular complexity index is 773. The number of hydrogen-bond donors (Lipinski definition) is 1. The molecule has 2 rings (SSSR count). The van der Waals surface area contributed by atoms with Gasteiger partial charge in [-0.25, -0.2) is 4.79 Å². The van der Waals surface area contributed by atoms with Crippen LogP contribution in [-0.2, 0) is 6.18 Å². The van der Waals surface area contributed by atoms with Crippen molar-refractivity contribution in [2.24, 2.45) is 0 Å². The molecule has 0 radical (unpaired) electrons. The zero-order valence-corrected chi connectivity index (χ0v) is 11.2. The molecule has 0 aliphatic heterocycles. The van der Waals surface area contributed by atoms with Crippen molar-refractivity contribution >= 4 is 11.7 Å². The van der Waals surface area contributed by atoms with Gasteiger partial charge in [-0.3, -0.25) is 10.1 Å². The molecule has 9 heteroatoms. The van der Waals surface area contributed by atoms with Crippen molar-refractivity contribution < 1.29 is 32.7 Å². The van der Waals surface area contributed by atoms with E-state index < -0.39 is 34.1 Å². The van der Waals surface area contributed by atoms with Gasteiger partial charge in [-0.15, -0.1) is 0 Å². The molecule has 6 nitrogen and oxygen atoms in total. The first-order chi connectivity index (χ1) is 10.7. The molecule has 0 saturated heterocycles. The number of nitro benzene ring substituents is 1. The average molecular weight is 327 g/mol. The number of non-ortho nitro benzene ring substituents is 1. The predicted molar refractivity (Wildman–Crippen MR) is 71.6 cm³/mol. The average Bonchev–Trinajstić information content (AvgIpc) is 2.46. The molecule has 0 saturated carbocycles. The topological polar surface area (TPSA) is 89.7 Å². The van der Waals surface area contributed by atoms with Crippen molar-refractivity contribution in [3.8, 4) is 11.5 Å². The number of ether oxygens (including phenoxy) is 1. The smallest absolute Gasteiger partial charge is 0.420 e. The number of carboxylic acid groups (broad SMARTS) is 1. The highest BCUT2D eigenvalue weighted by Gasteiger charge is 2.36. The quantitative estimate of drug-likeness (QED) is 0.674. The van der Waals surface area contributed by atoms with Crippen LogP contribution in [0.1, 0.15) is 15.9 Å². The third-order valence-corrected chi connectivity index (χ3v) is 2.79. The summed E-state index contributed by atoms with van der Waals surface area (Å²) in [5, 5.41) is 19.4. The highest BCUT2D eigenvalue weighted by molar-refractivity contribution is 5.88. The minimum atomic E-state index is -4.87. The number of benzene rings is 2. The van der Waals surface area contributed by atoms with Crippen molar-refractivity contribution in [3.63, 3.8) is 0 Å². The number of nitro groups is 1. The Labute approximate surface area is 126 Å². The maximum Gasteiger partial charge on any atom is 0.420 e. The number of nitrogens with zero attached hydrogens (tertiary/aromatic N) is 1. The number of aromatic carboxylic acids is 1. The van der Waals surface area contributed by atoms with Crippen molar-refractivity contribution in [1.82, 2.24) is 0 Å². The molecule has 2 aromatic rings. The molecular formula is C14H8F3NO5. The second-order valence-corrected chi connectivity index (χ2v) is 4.37. The zero-order chi connectivity index (χ0) is 17.2. The van der Waals surface area contributed by atoms with Gasteiger partial charge in [0.2, 0.25) is 0 Å². The first kappa shape index (κ1) is 16.3. The van der Waals surface area contributed by atoms with Gasteiger partial charge in [0.05, 0.1) is 10.5 Å². The third kappa shape index (κ3) is 3.76. The van der Waals surface area contributed by atoms with Gasteiger partial charge in [0.15, 0.2) is 0 Å². The summed E-state index contributed by atoms with van der Waals surface area (Å²) < 4.78 is 44.1. The third-order valence-electron chi connectivity index (χ3n) is 2.79. The fraction of sp³-hybridized carbons (Fsp3) is 0.0714. The zero-order valence-electron chi connectivity index (χ0n) is 11.2. The Balaban J connectivity index is 2.45. The first-order valence-corrected chi connectivity index (χ1v) is 6.05. The lowest BCUT2D eigenvalue weighted by molar-refractivity contribution is -0.385. The van der Waals surface area contributed by atoms with E-state index in [-0.39, 0.29) is 11.3 Å². The van der Waals surface area contributed by atoms with Gasteiger partial charge in [-0.05, 0) is 24.3 Å². The number of alkyl halides is 3. The van der Waals surface area contributed by atoms with Gasteiger partial charge < -0.3 is 9.84 Å². The van der Waals surface area contributed by atoms with Crippen LogP contribution in [0.3, 0.4) is 0 Å². The van der Waals surface area contributed by atoms with Crippen LogP contribution in [-0.4, -0.2) is 16.0 Å². The molecule has 0 amide bonds. The van der Waals surface area contributed by atoms with Gasteiger partial charge >= 0.3 is 12.1 Å². The first-order valence-electron chi connectivity index (χ1n) is 6.05. The lowest BCUT2D eigenvalue weighted by Crippen LogP contribution is -2.08. The molecule has 2 aromatic carbocycles. The van der Waals surface area contributed by atoms with E-state index >= 15 is 0 Å². The highest BCUT2D eigenvalue weighted by Crippen LogP contribution is 2.40. The lowest BCUT2D eigenvalue weighted by atomic mass is 10.1. The number of halogens is 3. The van der Waals surface area contributed by atoms with Gasteiger partial charge in [-0.1, -0.05) is 6.07 Å². The molecule has 1 N–H and O–H groups in total. The summed E-state index contributed by atoms with van der Waals surface area (Å²) in [7, 11) is 0. The van der Waals surface area contributed by atoms with Crippen molar-refractivity contribution in [3.05, 3.63) is 63.7 Å². The molecular weight excluding hydrogens is 319 g/mol. The minimum Gasteiger partial charge on any atom is -0.478 e. The number of hydrogen-bond acceptors (Lipinski definition) is 4. The molecule has 0 atom stereocenters. The van der Waals surface area contributed by atoms with E-state index in [4.69, 9.17) is 9.84 Å². The number of rotatable bonds is 4. The van der Waals surface area contributed by atoms with E-state index in [2.05, 4.69) is 0 Å². The maximum absolute atomic E-state index is 13.0. The van der Waals surface area contributed by atoms with Gasteiger partial charge in [-0.2, -0.15) is 13.2 Å². The Morgan fingerprint density at radius 2 is 1.87 bits per heavy atom. The maximum atomic E-state index is 13.0. The summed E-state index contributed by atoms with van der Waals surface area (Å²) in [6.45, 7) is 0. The monoisotopic (exact) mass is 327 g/mol. The molecule has 0 spiro atoms. The lowest BCUT2D eigenvalue weighted by Gasteiger charge is -2.13. The molecule has 0 unspecified atom stereocenters. The summed E-state index contributed by atoms with van der Waals surface area (Å²) in [6.07, 6.45) is -4.87. The van der Waals surface area contributed by atoms with E-state index in [1.54, 1.807) is 0 Å². The Hall–Kier alpha value is -3.10. The molecule has 23 heavy (non-hydrogen) atoms. The van der Waals surface area contributed by atoms with Crippen LogP contribution < -0.4 is 4.74 Å². The molecule has 120 valence electrons. The summed E-state index contributed by atoms with van der Waals surface area (Å²) in [6, 6.07) is 6.90. The van der Waals surface area contributed by atoms with Gasteiger partial charge in [0, 0.05) is 12.1 Å². The van der Waals surface area contributed by atoms with Gasteiger partial charge in [0.25, 0.3) is 5.69 Å². The van der Waals surface area contributed by atoms with Crippen LogP contribution in [0.25, 0.3) is 0 Å². The highest BCUT2D eigenvalue weighted by atomic mass is 19.4. The second kappa shape index (κ2) is 5.95. The normalized spacial score (nSPS) is 11.1. The van der Waals surface area contributed by atoms with Crippen LogP contribution >= 0.6 is 0 Å². The fourth-order valence-electron chi connectivity index (χ4n) is 1.76. The minimum absolute atomic E-state index is 0.135. The molecule has 0 heterocycles. The van der Waals surface area contributed by atoms with E-state index in [0.717, 1.165) is 18.2 Å². The molecule has 0 aromatic heterocycles. The predicted octanol–water partition coefficient (Wildman–Crippen LogP) is 4.10. The summed E-state index contributed by atoms with van der Waals surface area (Å²) in [4.78, 5) is 20.5. The van der Waals surface area contributed by atoms with Crippen LogP contribution in [0.4, 0.5) is 18.9 Å². The molecule has 0 aliphatic carbocycles. The summed E-state index contributed by atoms with van der Waals surface area (Å²) >= 11 is 0. The standard InChI is InChI=1S/C14H8F3NO5/c15-14(16,17)11-7-9(18(21)22)4-5-12(11)23-10-3-1-2-8(6-10)13(19)20/h1-7H,(H,19,20). The van der Waals surface area contributed by atoms with Crippen molar-refractivity contribution in [2.45, 2.75) is 6.18 Å². The Morgan fingerprint density at radius 1 is 1.17 bits per heavy atom. The fourth-order valence-corrected chi connectivity index (χ4v) is 1.76. The van der Waals surface area contributed by atoms with E-state index in [0.29, 0.717) is 6.07 Å². The van der Waals surface area contributed by atoms with Crippen LogP contribution in [0.5, 0.6) is 11.5 Å². The van der Waals surface area contributed by atoms with Crippen LogP contribution in [0.2, 0.25) is 0 Å². The number of carboxylic acids is 1. The Kier molecular flexibility index (Phi) is 4.21. The van der Waals surface area contributed by atoms with Crippen molar-refractivity contribution in [2.75, 3.05) is 0 Å². The van der Waals surface area contributed by atoms with Crippen molar-refractivity contribution in [1.29, 1.82) is 0 Å². The van der Waals surface area contributed by atoms with Crippen LogP contribution in [0, 0.1) is 10.1 Å². The van der Waals surface area contributed by atoms with E-state index in [1.807, 2.05) is 0 Å². The summed E-state index contributed by atoms with van der Waals surface area (Å²) in [5.41, 5.74) is -2.23. The van der Waals surface area contributed by atoms with Gasteiger partial charge in [0.1, 0.15) is 17.1 Å².